The van der Waals surface area contributed by atoms with Crippen molar-refractivity contribution in [3.05, 3.63) is 36.5 Å². The Labute approximate surface area is 124 Å². The summed E-state index contributed by atoms with van der Waals surface area (Å²) in [5.74, 6) is 0. The van der Waals surface area contributed by atoms with Crippen molar-refractivity contribution in [2.24, 2.45) is 0 Å². The maximum atomic E-state index is 12.7. The Bertz CT molecular complexity index is 694. The highest BCUT2D eigenvalue weighted by Gasteiger charge is 2.27. The monoisotopic (exact) mass is 313 g/mol. The molecule has 2 heterocycles. The molecular formula is C13H16ClN3O2S. The molecule has 7 heteroatoms. The lowest BCUT2D eigenvalue weighted by Crippen LogP contribution is -2.46. The van der Waals surface area contributed by atoms with Gasteiger partial charge in [-0.3, -0.25) is 4.98 Å². The molecule has 0 bridgehead atoms. The number of fused-ring (bicyclic) bond motifs is 1. The standard InChI is InChI=1S/C13H15N3O2S.ClH/c17-19(18,16-9-7-14-8-10-16)13-5-1-4-12-11(13)3-2-6-15-12;/h1-6,14H,7-10H2;1H. The van der Waals surface area contributed by atoms with Gasteiger partial charge in [0.05, 0.1) is 10.4 Å². The van der Waals surface area contributed by atoms with Crippen LogP contribution in [0.4, 0.5) is 0 Å². The molecule has 2 aromatic rings. The van der Waals surface area contributed by atoms with Gasteiger partial charge >= 0.3 is 0 Å². The van der Waals surface area contributed by atoms with Crippen LogP contribution in [0.25, 0.3) is 10.9 Å². The van der Waals surface area contributed by atoms with E-state index in [0.717, 1.165) is 0 Å². The quantitative estimate of drug-likeness (QED) is 0.906. The van der Waals surface area contributed by atoms with Crippen molar-refractivity contribution in [1.82, 2.24) is 14.6 Å². The van der Waals surface area contributed by atoms with Crippen LogP contribution in [0, 0.1) is 0 Å². The fraction of sp³-hybridized carbons (Fsp3) is 0.308. The van der Waals surface area contributed by atoms with Crippen molar-refractivity contribution in [1.29, 1.82) is 0 Å². The summed E-state index contributed by atoms with van der Waals surface area (Å²) in [5, 5.41) is 3.84. The zero-order chi connectivity index (χ0) is 13.3. The number of nitrogens with one attached hydrogen (secondary N) is 1. The van der Waals surface area contributed by atoms with Gasteiger partial charge in [0.25, 0.3) is 0 Å². The van der Waals surface area contributed by atoms with Crippen LogP contribution in [0.3, 0.4) is 0 Å². The lowest BCUT2D eigenvalue weighted by molar-refractivity contribution is 0.360. The second-order valence-corrected chi connectivity index (χ2v) is 6.39. The second kappa shape index (κ2) is 6.05. The fourth-order valence-corrected chi connectivity index (χ4v) is 3.97. The topological polar surface area (TPSA) is 62.3 Å². The van der Waals surface area contributed by atoms with Gasteiger partial charge in [-0.25, -0.2) is 8.42 Å². The summed E-state index contributed by atoms with van der Waals surface area (Å²) in [6, 6.07) is 8.79. The Morgan fingerprint density at radius 2 is 1.85 bits per heavy atom. The summed E-state index contributed by atoms with van der Waals surface area (Å²) >= 11 is 0. The first-order valence-corrected chi connectivity index (χ1v) is 7.68. The Morgan fingerprint density at radius 3 is 2.60 bits per heavy atom. The van der Waals surface area contributed by atoms with Gasteiger partial charge < -0.3 is 5.32 Å². The van der Waals surface area contributed by atoms with Crippen LogP contribution in [0.1, 0.15) is 0 Å². The summed E-state index contributed by atoms with van der Waals surface area (Å²) in [4.78, 5) is 4.55. The van der Waals surface area contributed by atoms with Crippen LogP contribution in [0.2, 0.25) is 0 Å². The van der Waals surface area contributed by atoms with Gasteiger partial charge in [0.2, 0.25) is 10.0 Å². The van der Waals surface area contributed by atoms with Crippen LogP contribution in [-0.2, 0) is 10.0 Å². The first kappa shape index (κ1) is 15.2. The Kier molecular flexibility index (Phi) is 4.59. The Balaban J connectivity index is 0.00000147. The molecule has 20 heavy (non-hydrogen) atoms. The molecule has 0 spiro atoms. The molecule has 5 nitrogen and oxygen atoms in total. The van der Waals surface area contributed by atoms with E-state index in [1.165, 1.54) is 4.31 Å². The molecule has 1 aromatic carbocycles. The first-order valence-electron chi connectivity index (χ1n) is 6.24. The predicted octanol–water partition coefficient (Wildman–Crippen LogP) is 1.25. The molecular weight excluding hydrogens is 298 g/mol. The van der Waals surface area contributed by atoms with Gasteiger partial charge in [-0.1, -0.05) is 6.07 Å². The molecule has 0 atom stereocenters. The van der Waals surface area contributed by atoms with Gasteiger partial charge in [-0.2, -0.15) is 4.31 Å². The largest absolute Gasteiger partial charge is 0.314 e. The maximum Gasteiger partial charge on any atom is 0.243 e. The number of halogens is 1. The van der Waals surface area contributed by atoms with E-state index in [0.29, 0.717) is 42.0 Å². The first-order chi connectivity index (χ1) is 9.19. The molecule has 1 fully saturated rings. The molecule has 1 aliphatic heterocycles. The number of nitrogens with zero attached hydrogens (tertiary/aromatic N) is 2. The summed E-state index contributed by atoms with van der Waals surface area (Å²) in [6.45, 7) is 2.42. The van der Waals surface area contributed by atoms with Gasteiger partial charge in [-0.05, 0) is 24.3 Å². The van der Waals surface area contributed by atoms with E-state index in [-0.39, 0.29) is 12.4 Å². The van der Waals surface area contributed by atoms with E-state index in [1.807, 2.05) is 6.07 Å². The number of sulfonamides is 1. The van der Waals surface area contributed by atoms with Crippen LogP contribution >= 0.6 is 12.4 Å². The fourth-order valence-electron chi connectivity index (χ4n) is 2.32. The number of pyridine rings is 1. The molecule has 3 rings (SSSR count). The minimum absolute atomic E-state index is 0. The van der Waals surface area contributed by atoms with Crippen molar-refractivity contribution < 1.29 is 8.42 Å². The summed E-state index contributed by atoms with van der Waals surface area (Å²) < 4.78 is 26.9. The third-order valence-corrected chi connectivity index (χ3v) is 5.26. The molecule has 1 N–H and O–H groups in total. The number of rotatable bonds is 2. The van der Waals surface area contributed by atoms with Crippen molar-refractivity contribution in [3.63, 3.8) is 0 Å². The zero-order valence-electron chi connectivity index (χ0n) is 10.8. The van der Waals surface area contributed by atoms with Gasteiger partial charge in [0, 0.05) is 37.8 Å². The molecule has 1 saturated heterocycles. The summed E-state index contributed by atoms with van der Waals surface area (Å²) in [5.41, 5.74) is 0.707. The third-order valence-electron chi connectivity index (χ3n) is 3.30. The van der Waals surface area contributed by atoms with Crippen LogP contribution in [0.15, 0.2) is 41.4 Å². The average Bonchev–Trinajstić information content (AvgIpc) is 2.47. The summed E-state index contributed by atoms with van der Waals surface area (Å²) in [7, 11) is -3.44. The average molecular weight is 314 g/mol. The van der Waals surface area contributed by atoms with Gasteiger partial charge in [0.15, 0.2) is 0 Å². The van der Waals surface area contributed by atoms with E-state index in [2.05, 4.69) is 10.3 Å². The van der Waals surface area contributed by atoms with E-state index < -0.39 is 10.0 Å². The number of piperazine rings is 1. The number of hydrogen-bond donors (Lipinski definition) is 1. The highest BCUT2D eigenvalue weighted by molar-refractivity contribution is 7.89. The molecule has 1 aromatic heterocycles. The van der Waals surface area contributed by atoms with Crippen LogP contribution < -0.4 is 5.32 Å². The van der Waals surface area contributed by atoms with Crippen molar-refractivity contribution in [3.8, 4) is 0 Å². The maximum absolute atomic E-state index is 12.7. The molecule has 0 aliphatic carbocycles. The second-order valence-electron chi connectivity index (χ2n) is 4.48. The highest BCUT2D eigenvalue weighted by Crippen LogP contribution is 2.24. The highest BCUT2D eigenvalue weighted by atomic mass is 35.5. The Hall–Kier alpha value is -1.21. The molecule has 0 unspecified atom stereocenters. The van der Waals surface area contributed by atoms with Gasteiger partial charge in [-0.15, -0.1) is 12.4 Å². The van der Waals surface area contributed by atoms with Crippen molar-refractivity contribution in [2.75, 3.05) is 26.2 Å². The van der Waals surface area contributed by atoms with Crippen LogP contribution in [-0.4, -0.2) is 43.9 Å². The smallest absolute Gasteiger partial charge is 0.243 e. The molecule has 0 amide bonds. The lowest BCUT2D eigenvalue weighted by Gasteiger charge is -2.27. The van der Waals surface area contributed by atoms with E-state index in [1.54, 1.807) is 30.5 Å². The predicted molar refractivity (Wildman–Crippen MR) is 80.6 cm³/mol. The minimum atomic E-state index is -3.44. The number of hydrogen-bond acceptors (Lipinski definition) is 4. The van der Waals surface area contributed by atoms with E-state index in [9.17, 15) is 8.42 Å². The molecule has 108 valence electrons. The molecule has 0 saturated carbocycles. The van der Waals surface area contributed by atoms with Crippen LogP contribution in [0.5, 0.6) is 0 Å². The SMILES string of the molecule is Cl.O=S(=O)(c1cccc2ncccc12)N1CCNCC1. The molecule has 1 aliphatic rings. The van der Waals surface area contributed by atoms with Crippen molar-refractivity contribution >= 4 is 33.3 Å². The van der Waals surface area contributed by atoms with Crippen molar-refractivity contribution in [2.45, 2.75) is 4.90 Å². The molecule has 0 radical (unpaired) electrons. The third kappa shape index (κ3) is 2.64. The minimum Gasteiger partial charge on any atom is -0.314 e. The van der Waals surface area contributed by atoms with Gasteiger partial charge in [0.1, 0.15) is 0 Å². The Morgan fingerprint density at radius 1 is 1.10 bits per heavy atom. The number of benzene rings is 1. The van der Waals surface area contributed by atoms with E-state index in [4.69, 9.17) is 0 Å². The zero-order valence-corrected chi connectivity index (χ0v) is 12.5. The normalized spacial score (nSPS) is 16.8. The summed E-state index contributed by atoms with van der Waals surface area (Å²) in [6.07, 6.45) is 1.67. The lowest BCUT2D eigenvalue weighted by atomic mass is 10.2. The van der Waals surface area contributed by atoms with E-state index >= 15 is 0 Å². The number of aromatic nitrogens is 1.